The second kappa shape index (κ2) is 5.21. The van der Waals surface area contributed by atoms with Crippen molar-refractivity contribution in [1.29, 1.82) is 0 Å². The Balaban J connectivity index is 1.88. The first-order valence-corrected chi connectivity index (χ1v) is 6.58. The quantitative estimate of drug-likeness (QED) is 0.907. The molecule has 0 saturated heterocycles. The molecule has 1 atom stereocenters. The molecule has 0 saturated carbocycles. The summed E-state index contributed by atoms with van der Waals surface area (Å²) in [4.78, 5) is 0. The number of ether oxygens (including phenoxy) is 2. The van der Waals surface area contributed by atoms with Crippen molar-refractivity contribution in [3.63, 3.8) is 0 Å². The van der Waals surface area contributed by atoms with Gasteiger partial charge in [-0.2, -0.15) is 0 Å². The van der Waals surface area contributed by atoms with Crippen molar-refractivity contribution in [2.75, 3.05) is 19.0 Å². The fourth-order valence-corrected chi connectivity index (χ4v) is 2.37. The average Bonchev–Trinajstić information content (AvgIpc) is 2.46. The summed E-state index contributed by atoms with van der Waals surface area (Å²) in [5.41, 5.74) is 1.64. The molecule has 0 aromatic heterocycles. The Labute approximate surface area is 121 Å². The van der Waals surface area contributed by atoms with Gasteiger partial charge in [0.2, 0.25) is 0 Å². The number of fused-ring (bicyclic) bond motifs is 1. The predicted molar refractivity (Wildman–Crippen MR) is 76.3 cm³/mol. The van der Waals surface area contributed by atoms with E-state index in [0.29, 0.717) is 17.3 Å². The summed E-state index contributed by atoms with van der Waals surface area (Å²) in [6.07, 6.45) is -0.263. The van der Waals surface area contributed by atoms with E-state index in [-0.39, 0.29) is 11.9 Å². The number of nitrogens with one attached hydrogen (secondary N) is 1. The van der Waals surface area contributed by atoms with Crippen LogP contribution in [-0.4, -0.2) is 13.7 Å². The lowest BCUT2D eigenvalue weighted by Gasteiger charge is -2.28. The molecule has 1 aliphatic heterocycles. The molecule has 2 aromatic carbocycles. The van der Waals surface area contributed by atoms with Crippen molar-refractivity contribution < 1.29 is 13.9 Å². The SMILES string of the molecule is COc1ccc(C2CNc3ccc(Cl)cc3O2)cc1F. The molecular formula is C15H13ClFNO2. The maximum atomic E-state index is 13.7. The minimum Gasteiger partial charge on any atom is -0.494 e. The number of hydrogen-bond acceptors (Lipinski definition) is 3. The molecule has 0 fully saturated rings. The molecule has 5 heteroatoms. The molecule has 3 rings (SSSR count). The molecule has 1 unspecified atom stereocenters. The highest BCUT2D eigenvalue weighted by atomic mass is 35.5. The first kappa shape index (κ1) is 13.1. The number of halogens is 2. The Kier molecular flexibility index (Phi) is 3.40. The van der Waals surface area contributed by atoms with Gasteiger partial charge < -0.3 is 14.8 Å². The maximum Gasteiger partial charge on any atom is 0.165 e. The highest BCUT2D eigenvalue weighted by Crippen LogP contribution is 2.36. The van der Waals surface area contributed by atoms with E-state index in [4.69, 9.17) is 21.1 Å². The molecule has 0 aliphatic carbocycles. The van der Waals surface area contributed by atoms with Gasteiger partial charge in [0.15, 0.2) is 11.6 Å². The van der Waals surface area contributed by atoms with Crippen molar-refractivity contribution in [2.24, 2.45) is 0 Å². The number of rotatable bonds is 2. The van der Waals surface area contributed by atoms with Crippen LogP contribution in [0.1, 0.15) is 11.7 Å². The average molecular weight is 294 g/mol. The maximum absolute atomic E-state index is 13.7. The number of methoxy groups -OCH3 is 1. The molecule has 1 N–H and O–H groups in total. The van der Waals surface area contributed by atoms with E-state index < -0.39 is 5.82 Å². The molecule has 0 radical (unpaired) electrons. The van der Waals surface area contributed by atoms with Gasteiger partial charge in [-0.15, -0.1) is 0 Å². The fourth-order valence-electron chi connectivity index (χ4n) is 2.21. The minimum absolute atomic E-state index is 0.223. The van der Waals surface area contributed by atoms with Crippen LogP contribution in [0.4, 0.5) is 10.1 Å². The van der Waals surface area contributed by atoms with Crippen LogP contribution < -0.4 is 14.8 Å². The van der Waals surface area contributed by atoms with E-state index in [1.165, 1.54) is 13.2 Å². The zero-order valence-corrected chi connectivity index (χ0v) is 11.6. The largest absolute Gasteiger partial charge is 0.494 e. The molecule has 1 heterocycles. The van der Waals surface area contributed by atoms with E-state index in [1.54, 1.807) is 24.3 Å². The molecule has 3 nitrogen and oxygen atoms in total. The Morgan fingerprint density at radius 1 is 1.30 bits per heavy atom. The van der Waals surface area contributed by atoms with Gasteiger partial charge in [0, 0.05) is 11.1 Å². The first-order valence-electron chi connectivity index (χ1n) is 6.21. The van der Waals surface area contributed by atoms with Crippen molar-refractivity contribution in [3.8, 4) is 11.5 Å². The van der Waals surface area contributed by atoms with E-state index in [0.717, 1.165) is 11.3 Å². The second-order valence-electron chi connectivity index (χ2n) is 4.52. The highest BCUT2D eigenvalue weighted by molar-refractivity contribution is 6.30. The van der Waals surface area contributed by atoms with Crippen LogP contribution >= 0.6 is 11.6 Å². The van der Waals surface area contributed by atoms with Crippen molar-refractivity contribution in [1.82, 2.24) is 0 Å². The van der Waals surface area contributed by atoms with Gasteiger partial charge in [-0.3, -0.25) is 0 Å². The van der Waals surface area contributed by atoms with E-state index in [9.17, 15) is 4.39 Å². The van der Waals surface area contributed by atoms with Crippen LogP contribution in [0.3, 0.4) is 0 Å². The topological polar surface area (TPSA) is 30.5 Å². The Bertz CT molecular complexity index is 648. The van der Waals surface area contributed by atoms with E-state index >= 15 is 0 Å². The summed E-state index contributed by atoms with van der Waals surface area (Å²) < 4.78 is 24.5. The lowest BCUT2D eigenvalue weighted by atomic mass is 10.1. The summed E-state index contributed by atoms with van der Waals surface area (Å²) in [7, 11) is 1.44. The molecule has 20 heavy (non-hydrogen) atoms. The van der Waals surface area contributed by atoms with Crippen molar-refractivity contribution in [2.45, 2.75) is 6.10 Å². The zero-order chi connectivity index (χ0) is 14.1. The van der Waals surface area contributed by atoms with Gasteiger partial charge >= 0.3 is 0 Å². The number of hydrogen-bond donors (Lipinski definition) is 1. The summed E-state index contributed by atoms with van der Waals surface area (Å²) in [5, 5.41) is 3.85. The molecular weight excluding hydrogens is 281 g/mol. The number of anilines is 1. The van der Waals surface area contributed by atoms with Gasteiger partial charge in [0.05, 0.1) is 19.3 Å². The molecule has 0 bridgehead atoms. The van der Waals surface area contributed by atoms with Crippen LogP contribution in [0.5, 0.6) is 11.5 Å². The second-order valence-corrected chi connectivity index (χ2v) is 4.96. The minimum atomic E-state index is -0.398. The standard InChI is InChI=1S/C15H13ClFNO2/c1-19-13-5-2-9(6-11(13)17)15-8-18-12-4-3-10(16)7-14(12)20-15/h2-7,15,18H,8H2,1H3. The van der Waals surface area contributed by atoms with Crippen LogP contribution in [-0.2, 0) is 0 Å². The van der Waals surface area contributed by atoms with E-state index in [1.807, 2.05) is 6.07 Å². The predicted octanol–water partition coefficient (Wildman–Crippen LogP) is 4.03. The van der Waals surface area contributed by atoms with Gasteiger partial charge in [-0.25, -0.2) is 4.39 Å². The van der Waals surface area contributed by atoms with E-state index in [2.05, 4.69) is 5.32 Å². The summed E-state index contributed by atoms with van der Waals surface area (Å²) in [6.45, 7) is 0.570. The monoisotopic (exact) mass is 293 g/mol. The third-order valence-electron chi connectivity index (χ3n) is 3.24. The van der Waals surface area contributed by atoms with Gasteiger partial charge in [-0.05, 0) is 29.8 Å². The van der Waals surface area contributed by atoms with Crippen molar-refractivity contribution in [3.05, 3.63) is 52.8 Å². The molecule has 2 aromatic rings. The lowest BCUT2D eigenvalue weighted by molar-refractivity contribution is 0.210. The van der Waals surface area contributed by atoms with Crippen LogP contribution in [0.25, 0.3) is 0 Å². The normalized spacial score (nSPS) is 16.9. The zero-order valence-electron chi connectivity index (χ0n) is 10.8. The molecule has 104 valence electrons. The van der Waals surface area contributed by atoms with Crippen LogP contribution in [0.2, 0.25) is 5.02 Å². The number of benzene rings is 2. The fraction of sp³-hybridized carbons (Fsp3) is 0.200. The Morgan fingerprint density at radius 3 is 2.90 bits per heavy atom. The molecule has 1 aliphatic rings. The van der Waals surface area contributed by atoms with Crippen LogP contribution in [0.15, 0.2) is 36.4 Å². The van der Waals surface area contributed by atoms with Gasteiger partial charge in [0.1, 0.15) is 11.9 Å². The molecule has 0 amide bonds. The van der Waals surface area contributed by atoms with Crippen molar-refractivity contribution >= 4 is 17.3 Å². The third kappa shape index (κ3) is 2.39. The Hall–Kier alpha value is -1.94. The third-order valence-corrected chi connectivity index (χ3v) is 3.47. The smallest absolute Gasteiger partial charge is 0.165 e. The summed E-state index contributed by atoms with van der Waals surface area (Å²) >= 11 is 5.95. The Morgan fingerprint density at radius 2 is 2.15 bits per heavy atom. The van der Waals surface area contributed by atoms with Gasteiger partial charge in [0.25, 0.3) is 0 Å². The summed E-state index contributed by atoms with van der Waals surface area (Å²) in [5.74, 6) is 0.497. The molecule has 0 spiro atoms. The van der Waals surface area contributed by atoms with Gasteiger partial charge in [-0.1, -0.05) is 17.7 Å². The first-order chi connectivity index (χ1) is 9.67. The lowest BCUT2D eigenvalue weighted by Crippen LogP contribution is -2.23. The highest BCUT2D eigenvalue weighted by Gasteiger charge is 2.22. The summed E-state index contributed by atoms with van der Waals surface area (Å²) in [6, 6.07) is 10.2. The van der Waals surface area contributed by atoms with Crippen LogP contribution in [0, 0.1) is 5.82 Å².